The van der Waals surface area contributed by atoms with E-state index in [9.17, 15) is 9.90 Å². The highest BCUT2D eigenvalue weighted by Crippen LogP contribution is 2.25. The molecule has 7 heteroatoms. The molecule has 0 aliphatic rings. The number of aryl methyl sites for hydroxylation is 3. The van der Waals surface area contributed by atoms with E-state index >= 15 is 0 Å². The molecule has 0 aliphatic carbocycles. The first-order chi connectivity index (χ1) is 14.3. The number of hydrogen-bond acceptors (Lipinski definition) is 5. The fourth-order valence-electron chi connectivity index (χ4n) is 3.76. The largest absolute Gasteiger partial charge is 0.396 e. The van der Waals surface area contributed by atoms with Crippen LogP contribution in [0.25, 0.3) is 5.95 Å². The summed E-state index contributed by atoms with van der Waals surface area (Å²) in [5.74, 6) is 0.493. The monoisotopic (exact) mass is 407 g/mol. The first kappa shape index (κ1) is 21.6. The van der Waals surface area contributed by atoms with Gasteiger partial charge in [0.2, 0.25) is 5.91 Å². The van der Waals surface area contributed by atoms with Gasteiger partial charge in [0.05, 0.1) is 18.2 Å². The van der Waals surface area contributed by atoms with Crippen LogP contribution < -0.4 is 0 Å². The van der Waals surface area contributed by atoms with E-state index in [1.807, 2.05) is 64.1 Å². The lowest BCUT2D eigenvalue weighted by Gasteiger charge is -2.28. The number of nitrogens with zero attached hydrogens (tertiary/aromatic N) is 5. The van der Waals surface area contributed by atoms with Crippen LogP contribution in [0, 0.1) is 27.7 Å². The second kappa shape index (κ2) is 9.17. The highest BCUT2D eigenvalue weighted by atomic mass is 16.3. The Kier molecular flexibility index (Phi) is 6.62. The quantitative estimate of drug-likeness (QED) is 0.651. The third kappa shape index (κ3) is 4.57. The zero-order valence-corrected chi connectivity index (χ0v) is 18.3. The lowest BCUT2D eigenvalue weighted by molar-refractivity contribution is -0.131. The van der Waals surface area contributed by atoms with Gasteiger partial charge in [0.25, 0.3) is 5.95 Å². The molecule has 0 radical (unpaired) electrons. The van der Waals surface area contributed by atoms with Crippen LogP contribution in [0.2, 0.25) is 0 Å². The number of hydrogen-bond donors (Lipinski definition) is 1. The van der Waals surface area contributed by atoms with E-state index < -0.39 is 0 Å². The van der Waals surface area contributed by atoms with Gasteiger partial charge < -0.3 is 10.0 Å². The molecule has 0 saturated carbocycles. The van der Waals surface area contributed by atoms with Gasteiger partial charge in [-0.3, -0.25) is 4.79 Å². The van der Waals surface area contributed by atoms with Gasteiger partial charge in [-0.25, -0.2) is 14.6 Å². The Balaban J connectivity index is 1.86. The maximum absolute atomic E-state index is 13.1. The molecule has 0 spiro atoms. The van der Waals surface area contributed by atoms with Gasteiger partial charge in [-0.05, 0) is 45.7 Å². The van der Waals surface area contributed by atoms with Crippen LogP contribution in [0.4, 0.5) is 0 Å². The van der Waals surface area contributed by atoms with Gasteiger partial charge in [0, 0.05) is 36.3 Å². The molecule has 1 atom stereocenters. The minimum Gasteiger partial charge on any atom is -0.396 e. The minimum absolute atomic E-state index is 0.0111. The number of aliphatic hydroxyl groups is 1. The average molecular weight is 408 g/mol. The lowest BCUT2D eigenvalue weighted by Crippen LogP contribution is -2.33. The summed E-state index contributed by atoms with van der Waals surface area (Å²) in [5.41, 5.74) is 5.28. The molecule has 158 valence electrons. The molecule has 3 aromatic rings. The van der Waals surface area contributed by atoms with Crippen LogP contribution in [-0.4, -0.2) is 49.3 Å². The summed E-state index contributed by atoms with van der Waals surface area (Å²) in [5, 5.41) is 14.1. The molecule has 1 aromatic carbocycles. The van der Waals surface area contributed by atoms with Crippen molar-refractivity contribution in [3.8, 4) is 5.95 Å². The maximum Gasteiger partial charge on any atom is 0.251 e. The lowest BCUT2D eigenvalue weighted by atomic mass is 10.0. The number of benzene rings is 1. The van der Waals surface area contributed by atoms with Crippen molar-refractivity contribution in [3.63, 3.8) is 0 Å². The molecule has 2 aromatic heterocycles. The second-order valence-corrected chi connectivity index (χ2v) is 7.63. The molecule has 1 N–H and O–H groups in total. The minimum atomic E-state index is -0.179. The Hall–Kier alpha value is -3.06. The summed E-state index contributed by atoms with van der Waals surface area (Å²) in [6.45, 7) is 7.70. The Morgan fingerprint density at radius 3 is 2.33 bits per heavy atom. The van der Waals surface area contributed by atoms with Crippen molar-refractivity contribution in [1.82, 2.24) is 24.6 Å². The predicted molar refractivity (Wildman–Crippen MR) is 115 cm³/mol. The Morgan fingerprint density at radius 2 is 1.73 bits per heavy atom. The van der Waals surface area contributed by atoms with Gasteiger partial charge in [0.15, 0.2) is 0 Å². The van der Waals surface area contributed by atoms with Crippen molar-refractivity contribution in [2.75, 3.05) is 13.7 Å². The van der Waals surface area contributed by atoms with Crippen molar-refractivity contribution in [1.29, 1.82) is 0 Å². The van der Waals surface area contributed by atoms with Crippen LogP contribution >= 0.6 is 0 Å². The summed E-state index contributed by atoms with van der Waals surface area (Å²) < 4.78 is 1.71. The van der Waals surface area contributed by atoms with E-state index in [-0.39, 0.29) is 25.0 Å². The van der Waals surface area contributed by atoms with Gasteiger partial charge in [-0.2, -0.15) is 5.10 Å². The van der Waals surface area contributed by atoms with E-state index in [0.717, 1.165) is 33.9 Å². The number of carbonyl (C=O) groups is 1. The summed E-state index contributed by atoms with van der Waals surface area (Å²) >= 11 is 0. The summed E-state index contributed by atoms with van der Waals surface area (Å²) in [6, 6.07) is 11.5. The molecule has 3 rings (SSSR count). The highest BCUT2D eigenvalue weighted by Gasteiger charge is 2.24. The third-order valence-electron chi connectivity index (χ3n) is 5.38. The van der Waals surface area contributed by atoms with Crippen LogP contribution in [0.3, 0.4) is 0 Å². The molecule has 1 amide bonds. The SMILES string of the molecule is Cc1cc(C)nc(-n2nc(C)c(CC(=O)N(C)[C@H](CCO)c3ccccc3)c2C)n1. The molecule has 0 fully saturated rings. The second-order valence-electron chi connectivity index (χ2n) is 7.63. The van der Waals surface area contributed by atoms with Crippen LogP contribution in [0.5, 0.6) is 0 Å². The van der Waals surface area contributed by atoms with Crippen molar-refractivity contribution < 1.29 is 9.90 Å². The van der Waals surface area contributed by atoms with Gasteiger partial charge in [-0.1, -0.05) is 30.3 Å². The van der Waals surface area contributed by atoms with Crippen molar-refractivity contribution in [2.45, 2.75) is 46.6 Å². The zero-order chi connectivity index (χ0) is 21.8. The van der Waals surface area contributed by atoms with E-state index in [1.54, 1.807) is 16.6 Å². The van der Waals surface area contributed by atoms with Crippen molar-refractivity contribution in [2.24, 2.45) is 0 Å². The summed E-state index contributed by atoms with van der Waals surface area (Å²) in [6.07, 6.45) is 0.716. The molecule has 2 heterocycles. The number of aliphatic hydroxyl groups excluding tert-OH is 1. The van der Waals surface area contributed by atoms with Gasteiger partial charge in [0.1, 0.15) is 0 Å². The Morgan fingerprint density at radius 1 is 1.10 bits per heavy atom. The molecule has 30 heavy (non-hydrogen) atoms. The smallest absolute Gasteiger partial charge is 0.251 e. The Labute approximate surface area is 177 Å². The number of amides is 1. The fraction of sp³-hybridized carbons (Fsp3) is 0.391. The van der Waals surface area contributed by atoms with Crippen molar-refractivity contribution in [3.05, 3.63) is 70.3 Å². The predicted octanol–water partition coefficient (Wildman–Crippen LogP) is 3.02. The van der Waals surface area contributed by atoms with Crippen molar-refractivity contribution >= 4 is 5.91 Å². The molecule has 0 aliphatic heterocycles. The van der Waals surface area contributed by atoms with Crippen LogP contribution in [-0.2, 0) is 11.2 Å². The first-order valence-corrected chi connectivity index (χ1v) is 10.1. The normalized spacial score (nSPS) is 12.1. The van der Waals surface area contributed by atoms with Crippen LogP contribution in [0.1, 0.15) is 46.4 Å². The van der Waals surface area contributed by atoms with Crippen LogP contribution in [0.15, 0.2) is 36.4 Å². The average Bonchev–Trinajstić information content (AvgIpc) is 2.99. The zero-order valence-electron chi connectivity index (χ0n) is 18.3. The van der Waals surface area contributed by atoms with E-state index in [4.69, 9.17) is 0 Å². The number of rotatable bonds is 7. The molecular weight excluding hydrogens is 378 g/mol. The first-order valence-electron chi connectivity index (χ1n) is 10.1. The van der Waals surface area contributed by atoms with E-state index in [2.05, 4.69) is 15.1 Å². The molecule has 0 bridgehead atoms. The number of aromatic nitrogens is 4. The Bertz CT molecular complexity index is 1010. The summed E-state index contributed by atoms with van der Waals surface area (Å²) in [4.78, 5) is 23.8. The van der Waals surface area contributed by atoms with E-state index in [1.165, 1.54) is 0 Å². The van der Waals surface area contributed by atoms with E-state index in [0.29, 0.717) is 12.4 Å². The summed E-state index contributed by atoms with van der Waals surface area (Å²) in [7, 11) is 1.79. The van der Waals surface area contributed by atoms with Gasteiger partial charge >= 0.3 is 0 Å². The highest BCUT2D eigenvalue weighted by molar-refractivity contribution is 5.79. The molecular formula is C23H29N5O2. The number of carbonyl (C=O) groups excluding carboxylic acids is 1. The molecule has 0 saturated heterocycles. The topological polar surface area (TPSA) is 84.1 Å². The van der Waals surface area contributed by atoms with Gasteiger partial charge in [-0.15, -0.1) is 0 Å². The molecule has 7 nitrogen and oxygen atoms in total. The molecule has 0 unspecified atom stereocenters. The fourth-order valence-corrected chi connectivity index (χ4v) is 3.76. The third-order valence-corrected chi connectivity index (χ3v) is 5.38. The maximum atomic E-state index is 13.1. The standard InChI is InChI=1S/C23H29N5O2/c1-15-13-16(2)25-23(24-15)28-18(4)20(17(3)26-28)14-22(30)27(5)21(11-12-29)19-9-7-6-8-10-19/h6-10,13,21,29H,11-12,14H2,1-5H3/t21-/m1/s1. The number of likely N-dealkylation sites (N-methyl/N-ethyl adjacent to an activating group) is 1.